The van der Waals surface area contributed by atoms with Gasteiger partial charge in [0, 0.05) is 42.6 Å². The molecule has 1 atom stereocenters. The molecule has 1 aliphatic heterocycles. The van der Waals surface area contributed by atoms with Gasteiger partial charge in [0.1, 0.15) is 0 Å². The fourth-order valence-corrected chi connectivity index (χ4v) is 4.18. The molecule has 1 aliphatic rings. The first-order valence-electron chi connectivity index (χ1n) is 7.65. The topological polar surface area (TPSA) is 91.6 Å². The van der Waals surface area contributed by atoms with Gasteiger partial charge in [0.05, 0.1) is 12.5 Å². The zero-order valence-electron chi connectivity index (χ0n) is 13.1. The van der Waals surface area contributed by atoms with Crippen LogP contribution in [0.5, 0.6) is 0 Å². The molecule has 9 heteroatoms. The highest BCUT2D eigenvalue weighted by Gasteiger charge is 2.26. The number of aromatic nitrogens is 1. The molecule has 128 valence electrons. The Labute approximate surface area is 148 Å². The molecule has 0 saturated carbocycles. The number of urea groups is 1. The predicted molar refractivity (Wildman–Crippen MR) is 95.3 cm³/mol. The summed E-state index contributed by atoms with van der Waals surface area (Å²) in [5.41, 5.74) is 5.24. The average Bonchev–Trinajstić information content (AvgIpc) is 3.27. The fraction of sp³-hybridized carbons (Fsp3) is 0.400. The van der Waals surface area contributed by atoms with Gasteiger partial charge < -0.3 is 20.9 Å². The van der Waals surface area contributed by atoms with Crippen LogP contribution in [0.2, 0.25) is 0 Å². The summed E-state index contributed by atoms with van der Waals surface area (Å²) in [4.78, 5) is 33.1. The van der Waals surface area contributed by atoms with Crippen molar-refractivity contribution in [3.8, 4) is 0 Å². The third kappa shape index (κ3) is 4.04. The van der Waals surface area contributed by atoms with Crippen LogP contribution in [-0.4, -0.2) is 48.0 Å². The summed E-state index contributed by atoms with van der Waals surface area (Å²) < 4.78 is 0. The first-order chi connectivity index (χ1) is 11.6. The third-order valence-corrected chi connectivity index (χ3v) is 5.72. The fourth-order valence-electron chi connectivity index (χ4n) is 2.71. The van der Waals surface area contributed by atoms with Crippen molar-refractivity contribution in [3.63, 3.8) is 0 Å². The van der Waals surface area contributed by atoms with Gasteiger partial charge in [-0.1, -0.05) is 6.07 Å². The number of carbonyl (C=O) groups excluding carboxylic acids is 2. The van der Waals surface area contributed by atoms with Gasteiger partial charge in [0.25, 0.3) is 0 Å². The standard InChI is InChI=1S/C15H19N5O2S2/c16-14(22)18-11(12-2-1-8-23-12)10-13(21)19-4-6-20(7-5-19)15-17-3-9-24-15/h1-3,8-9,11H,4-7,10H2,(H3,16,18,22)/t11-/m1/s1. The van der Waals surface area contributed by atoms with E-state index < -0.39 is 6.03 Å². The molecule has 0 radical (unpaired) electrons. The van der Waals surface area contributed by atoms with Crippen molar-refractivity contribution >= 4 is 39.7 Å². The summed E-state index contributed by atoms with van der Waals surface area (Å²) in [5, 5.41) is 7.53. The molecule has 0 bridgehead atoms. The number of carbonyl (C=O) groups is 2. The quantitative estimate of drug-likeness (QED) is 0.843. The van der Waals surface area contributed by atoms with Gasteiger partial charge in [-0.05, 0) is 11.4 Å². The summed E-state index contributed by atoms with van der Waals surface area (Å²) in [6, 6.07) is 2.81. The highest BCUT2D eigenvalue weighted by atomic mass is 32.1. The Morgan fingerprint density at radius 2 is 2.04 bits per heavy atom. The number of rotatable bonds is 5. The number of nitrogens with two attached hydrogens (primary N) is 1. The summed E-state index contributed by atoms with van der Waals surface area (Å²) in [7, 11) is 0. The molecular formula is C15H19N5O2S2. The number of piperazine rings is 1. The largest absolute Gasteiger partial charge is 0.352 e. The second-order valence-corrected chi connectivity index (χ2v) is 7.32. The van der Waals surface area contributed by atoms with E-state index in [9.17, 15) is 9.59 Å². The lowest BCUT2D eigenvalue weighted by Gasteiger charge is -2.35. The zero-order chi connectivity index (χ0) is 16.9. The summed E-state index contributed by atoms with van der Waals surface area (Å²) >= 11 is 3.11. The van der Waals surface area contributed by atoms with Crippen molar-refractivity contribution in [2.24, 2.45) is 5.73 Å². The van der Waals surface area contributed by atoms with Gasteiger partial charge in [0.2, 0.25) is 5.91 Å². The van der Waals surface area contributed by atoms with Crippen LogP contribution in [0, 0.1) is 0 Å². The van der Waals surface area contributed by atoms with Crippen LogP contribution in [0.25, 0.3) is 0 Å². The number of hydrogen-bond donors (Lipinski definition) is 2. The molecule has 24 heavy (non-hydrogen) atoms. The van der Waals surface area contributed by atoms with Crippen LogP contribution in [0.15, 0.2) is 29.1 Å². The Bertz CT molecular complexity index is 666. The Morgan fingerprint density at radius 3 is 2.62 bits per heavy atom. The molecule has 0 unspecified atom stereocenters. The number of hydrogen-bond acceptors (Lipinski definition) is 6. The van der Waals surface area contributed by atoms with E-state index in [4.69, 9.17) is 5.73 Å². The van der Waals surface area contributed by atoms with Gasteiger partial charge in [0.15, 0.2) is 5.13 Å². The monoisotopic (exact) mass is 365 g/mol. The molecule has 1 saturated heterocycles. The number of amides is 3. The van der Waals surface area contributed by atoms with Crippen LogP contribution >= 0.6 is 22.7 Å². The minimum Gasteiger partial charge on any atom is -0.352 e. The molecule has 0 aliphatic carbocycles. The number of nitrogens with zero attached hydrogens (tertiary/aromatic N) is 3. The van der Waals surface area contributed by atoms with E-state index in [1.165, 1.54) is 11.3 Å². The summed E-state index contributed by atoms with van der Waals surface area (Å²) in [6.07, 6.45) is 2.01. The van der Waals surface area contributed by atoms with E-state index in [-0.39, 0.29) is 18.4 Å². The van der Waals surface area contributed by atoms with Crippen LogP contribution in [0.1, 0.15) is 17.3 Å². The van der Waals surface area contributed by atoms with Gasteiger partial charge in [-0.3, -0.25) is 4.79 Å². The van der Waals surface area contributed by atoms with Crippen LogP contribution in [0.3, 0.4) is 0 Å². The van der Waals surface area contributed by atoms with E-state index in [0.717, 1.165) is 23.1 Å². The maximum atomic E-state index is 12.6. The van der Waals surface area contributed by atoms with Crippen LogP contribution in [0.4, 0.5) is 9.93 Å². The number of primary amides is 1. The van der Waals surface area contributed by atoms with Crippen LogP contribution in [-0.2, 0) is 4.79 Å². The molecular weight excluding hydrogens is 346 g/mol. The lowest BCUT2D eigenvalue weighted by Crippen LogP contribution is -2.49. The maximum absolute atomic E-state index is 12.6. The zero-order valence-corrected chi connectivity index (χ0v) is 14.7. The Kier molecular flexibility index (Phi) is 5.31. The lowest BCUT2D eigenvalue weighted by molar-refractivity contribution is -0.132. The molecule has 7 nitrogen and oxygen atoms in total. The summed E-state index contributed by atoms with van der Waals surface area (Å²) in [6.45, 7) is 2.86. The minimum absolute atomic E-state index is 0.0286. The van der Waals surface area contributed by atoms with Crippen molar-refractivity contribution < 1.29 is 9.59 Å². The Hall–Kier alpha value is -2.13. The summed E-state index contributed by atoms with van der Waals surface area (Å²) in [5.74, 6) is 0.0286. The Balaban J connectivity index is 1.57. The SMILES string of the molecule is NC(=O)N[C@H](CC(=O)N1CCN(c2nccs2)CC1)c1cccs1. The number of nitrogens with one attached hydrogen (secondary N) is 1. The normalized spacial score (nSPS) is 16.0. The van der Waals surface area contributed by atoms with Gasteiger partial charge in [-0.15, -0.1) is 22.7 Å². The lowest BCUT2D eigenvalue weighted by atomic mass is 10.1. The second kappa shape index (κ2) is 7.63. The highest BCUT2D eigenvalue weighted by molar-refractivity contribution is 7.13. The van der Waals surface area contributed by atoms with Crippen molar-refractivity contribution in [2.45, 2.75) is 12.5 Å². The highest BCUT2D eigenvalue weighted by Crippen LogP contribution is 2.24. The minimum atomic E-state index is -0.616. The average molecular weight is 365 g/mol. The molecule has 0 spiro atoms. The molecule has 2 aromatic heterocycles. The third-order valence-electron chi connectivity index (χ3n) is 3.90. The van der Waals surface area contributed by atoms with Crippen molar-refractivity contribution in [1.82, 2.24) is 15.2 Å². The second-order valence-electron chi connectivity index (χ2n) is 5.46. The van der Waals surface area contributed by atoms with Crippen molar-refractivity contribution in [1.29, 1.82) is 0 Å². The number of thiophene rings is 1. The number of thiazole rings is 1. The van der Waals surface area contributed by atoms with E-state index in [1.807, 2.05) is 27.8 Å². The Morgan fingerprint density at radius 1 is 1.25 bits per heavy atom. The maximum Gasteiger partial charge on any atom is 0.312 e. The molecule has 3 amide bonds. The van der Waals surface area contributed by atoms with E-state index in [0.29, 0.717) is 13.1 Å². The first kappa shape index (κ1) is 16.7. The predicted octanol–water partition coefficient (Wildman–Crippen LogP) is 1.65. The van der Waals surface area contributed by atoms with E-state index in [2.05, 4.69) is 15.2 Å². The molecule has 0 aromatic carbocycles. The van der Waals surface area contributed by atoms with E-state index >= 15 is 0 Å². The van der Waals surface area contributed by atoms with Crippen molar-refractivity contribution in [2.75, 3.05) is 31.1 Å². The van der Waals surface area contributed by atoms with Crippen LogP contribution < -0.4 is 16.0 Å². The van der Waals surface area contributed by atoms with Crippen molar-refractivity contribution in [3.05, 3.63) is 34.0 Å². The van der Waals surface area contributed by atoms with Gasteiger partial charge in [-0.25, -0.2) is 9.78 Å². The molecule has 1 fully saturated rings. The first-order valence-corrected chi connectivity index (χ1v) is 9.41. The number of anilines is 1. The molecule has 3 N–H and O–H groups in total. The molecule has 3 heterocycles. The van der Waals surface area contributed by atoms with Gasteiger partial charge in [-0.2, -0.15) is 0 Å². The smallest absolute Gasteiger partial charge is 0.312 e. The molecule has 3 rings (SSSR count). The molecule has 2 aromatic rings. The van der Waals surface area contributed by atoms with Gasteiger partial charge >= 0.3 is 6.03 Å². The van der Waals surface area contributed by atoms with E-state index in [1.54, 1.807) is 17.5 Å².